The summed E-state index contributed by atoms with van der Waals surface area (Å²) in [5, 5.41) is 11.0. The number of hydrogen-bond acceptors (Lipinski definition) is 10. The van der Waals surface area contributed by atoms with Crippen molar-refractivity contribution in [2.45, 2.75) is 62.9 Å². The molecule has 0 bridgehead atoms. The van der Waals surface area contributed by atoms with Crippen molar-refractivity contribution in [2.24, 2.45) is 17.2 Å². The molecule has 250 valence electrons. The molecular formula is C24H36F6K2N4O8S. The summed E-state index contributed by atoms with van der Waals surface area (Å²) in [7, 11) is -4.01. The van der Waals surface area contributed by atoms with Crippen molar-refractivity contribution in [2.75, 3.05) is 13.2 Å². The van der Waals surface area contributed by atoms with Crippen molar-refractivity contribution in [3.8, 4) is 0 Å². The van der Waals surface area contributed by atoms with E-state index in [2.05, 4.69) is 14.4 Å². The number of hydrogen-bond donors (Lipinski definition) is 4. The van der Waals surface area contributed by atoms with E-state index in [1.54, 1.807) is 26.0 Å². The summed E-state index contributed by atoms with van der Waals surface area (Å²) in [6.07, 6.45) is -6.15. The topological polar surface area (TPSA) is 217 Å². The standard InChI is InChI=1S/C11H11F3O3S.C8H13F3N2O.C4H10N2O.CH2O3.2K.H/c1-9-3-5-10(6-4-9)18(15,16)17-8-2-7-11(12,13)14;1-2-6(7(12)14)13-5-3-4-8(9,10)11;1-2-3(5)4(6)7;2-1-4-3;;;/h2-7H,8H2,1H3;3-4,6,13H,2,5H2,1H3,(H2,12,14);3H,2,5H2,1H3,(H2,6,7);1,3H;;;/q;;;;2*+1;-1/p-1/t;6-;3-;;;;/m.00..../s1. The van der Waals surface area contributed by atoms with E-state index in [1.807, 2.05) is 6.92 Å². The third-order valence-electron chi connectivity index (χ3n) is 4.32. The van der Waals surface area contributed by atoms with Gasteiger partial charge < -0.3 is 34.1 Å². The summed E-state index contributed by atoms with van der Waals surface area (Å²) in [6, 6.07) is 4.77. The van der Waals surface area contributed by atoms with Gasteiger partial charge in [-0.05, 0) is 31.9 Å². The number of alkyl halides is 6. The van der Waals surface area contributed by atoms with Crippen LogP contribution in [0.25, 0.3) is 0 Å². The van der Waals surface area contributed by atoms with Gasteiger partial charge in [0, 0.05) is 18.7 Å². The Bertz CT molecular complexity index is 1120. The number of rotatable bonds is 12. The fourth-order valence-electron chi connectivity index (χ4n) is 2.13. The van der Waals surface area contributed by atoms with Crippen molar-refractivity contribution >= 4 is 28.4 Å². The molecule has 0 spiro atoms. The van der Waals surface area contributed by atoms with E-state index in [0.29, 0.717) is 18.9 Å². The zero-order valence-corrected chi connectivity index (χ0v) is 32.4. The van der Waals surface area contributed by atoms with Gasteiger partial charge in [0.2, 0.25) is 11.8 Å². The van der Waals surface area contributed by atoms with Crippen LogP contribution in [-0.4, -0.2) is 64.3 Å². The maximum absolute atomic E-state index is 11.8. The van der Waals surface area contributed by atoms with Crippen molar-refractivity contribution in [3.05, 3.63) is 54.1 Å². The minimum Gasteiger partial charge on any atom is -1.00 e. The number of amides is 2. The molecule has 1 aromatic carbocycles. The third-order valence-corrected chi connectivity index (χ3v) is 5.62. The SMILES string of the molecule is CC[C@H](N)C(N)=O.CC[C@H](NCC=CC(F)(F)F)C(N)=O.Cc1ccc(S(=O)(=O)OCC=CC(F)(F)F)cc1.O=CO[O-].[H-].[K+].[K+]. The monoisotopic (exact) mass is 732 g/mol. The first-order valence-electron chi connectivity index (χ1n) is 11.9. The zero-order chi connectivity index (χ0) is 34.3. The van der Waals surface area contributed by atoms with Crippen LogP contribution >= 0.6 is 0 Å². The maximum Gasteiger partial charge on any atom is 1.00 e. The molecule has 0 radical (unpaired) electrons. The molecule has 0 unspecified atom stereocenters. The van der Waals surface area contributed by atoms with Crippen LogP contribution in [0.3, 0.4) is 0 Å². The molecule has 1 aromatic rings. The van der Waals surface area contributed by atoms with Crippen molar-refractivity contribution in [1.82, 2.24) is 5.32 Å². The molecule has 12 nitrogen and oxygen atoms in total. The van der Waals surface area contributed by atoms with Crippen LogP contribution in [0.2, 0.25) is 0 Å². The molecule has 1 rings (SSSR count). The number of primary amides is 2. The van der Waals surface area contributed by atoms with E-state index in [0.717, 1.165) is 11.6 Å². The third kappa shape index (κ3) is 36.4. The number of nitrogens with two attached hydrogens (primary N) is 3. The Labute approximate surface area is 344 Å². The molecule has 0 aliphatic heterocycles. The van der Waals surface area contributed by atoms with Crippen molar-refractivity contribution in [3.63, 3.8) is 0 Å². The van der Waals surface area contributed by atoms with Gasteiger partial charge in [0.25, 0.3) is 16.6 Å². The van der Waals surface area contributed by atoms with Gasteiger partial charge in [-0.1, -0.05) is 43.7 Å². The molecule has 0 aliphatic rings. The Balaban J connectivity index is -0.000000127. The quantitative estimate of drug-likeness (QED) is 0.0308. The van der Waals surface area contributed by atoms with Crippen LogP contribution in [0.1, 0.15) is 33.7 Å². The van der Waals surface area contributed by atoms with Gasteiger partial charge >= 0.3 is 115 Å². The first kappa shape index (κ1) is 54.2. The van der Waals surface area contributed by atoms with Gasteiger partial charge in [0.05, 0.1) is 23.6 Å². The van der Waals surface area contributed by atoms with Crippen LogP contribution in [-0.2, 0) is 33.6 Å². The maximum atomic E-state index is 11.8. The molecule has 0 saturated heterocycles. The molecule has 0 fully saturated rings. The summed E-state index contributed by atoms with van der Waals surface area (Å²) in [4.78, 5) is 31.8. The predicted molar refractivity (Wildman–Crippen MR) is 142 cm³/mol. The Morgan fingerprint density at radius 3 is 1.71 bits per heavy atom. The normalized spacial score (nSPS) is 12.3. The van der Waals surface area contributed by atoms with Gasteiger partial charge in [-0.2, -0.15) is 34.8 Å². The smallest absolute Gasteiger partial charge is 1.00 e. The van der Waals surface area contributed by atoms with Crippen molar-refractivity contribution < 1.29 is 168 Å². The number of carbonyl (C=O) groups is 3. The van der Waals surface area contributed by atoms with E-state index in [1.165, 1.54) is 12.1 Å². The largest absolute Gasteiger partial charge is 1.00 e. The summed E-state index contributed by atoms with van der Waals surface area (Å²) < 4.78 is 97.6. The van der Waals surface area contributed by atoms with Gasteiger partial charge in [-0.25, -0.2) is 0 Å². The Hall–Kier alpha value is -0.247. The van der Waals surface area contributed by atoms with E-state index >= 15 is 0 Å². The summed E-state index contributed by atoms with van der Waals surface area (Å²) in [5.74, 6) is -0.990. The first-order valence-corrected chi connectivity index (χ1v) is 13.3. The van der Waals surface area contributed by atoms with Gasteiger partial charge in [0.1, 0.15) is 0 Å². The Kier molecular flexibility index (Phi) is 36.0. The predicted octanol–water partition coefficient (Wildman–Crippen LogP) is -4.46. The Morgan fingerprint density at radius 1 is 0.956 bits per heavy atom. The summed E-state index contributed by atoms with van der Waals surface area (Å²) in [5.41, 5.74) is 15.8. The molecule has 2 amide bonds. The fraction of sp³-hybridized carbons (Fsp3) is 0.458. The minimum atomic E-state index is -4.48. The molecule has 0 saturated carbocycles. The molecular weight excluding hydrogens is 697 g/mol. The van der Waals surface area contributed by atoms with Crippen LogP contribution in [0.4, 0.5) is 26.3 Å². The van der Waals surface area contributed by atoms with Crippen LogP contribution < -0.4 is 131 Å². The number of benzene rings is 1. The summed E-state index contributed by atoms with van der Waals surface area (Å²) in [6.45, 7) is 4.45. The second kappa shape index (κ2) is 29.9. The average Bonchev–Trinajstić information content (AvgIpc) is 2.90. The number of nitrogens with one attached hydrogen (secondary N) is 1. The van der Waals surface area contributed by atoms with Gasteiger partial charge in [-0.15, -0.1) is 0 Å². The number of halogens is 6. The molecule has 21 heteroatoms. The van der Waals surface area contributed by atoms with Crippen LogP contribution in [0.15, 0.2) is 53.5 Å². The fourth-order valence-corrected chi connectivity index (χ4v) is 3.00. The van der Waals surface area contributed by atoms with E-state index in [9.17, 15) is 44.3 Å². The molecule has 7 N–H and O–H groups in total. The van der Waals surface area contributed by atoms with E-state index in [-0.39, 0.29) is 134 Å². The van der Waals surface area contributed by atoms with Crippen LogP contribution in [0.5, 0.6) is 0 Å². The molecule has 0 aliphatic carbocycles. The molecule has 0 heterocycles. The number of carbonyl (C=O) groups excluding carboxylic acids is 3. The van der Waals surface area contributed by atoms with Gasteiger partial charge in [0.15, 0.2) is 0 Å². The second-order valence-electron chi connectivity index (χ2n) is 7.82. The van der Waals surface area contributed by atoms with Crippen LogP contribution in [0, 0.1) is 6.92 Å². The molecule has 0 aromatic heterocycles. The number of allylic oxidation sites excluding steroid dienone is 2. The molecule has 2 atom stereocenters. The van der Waals surface area contributed by atoms with Crippen molar-refractivity contribution in [1.29, 1.82) is 0 Å². The second-order valence-corrected chi connectivity index (χ2v) is 9.44. The first-order chi connectivity index (χ1) is 19.7. The van der Waals surface area contributed by atoms with Gasteiger partial charge in [-0.3, -0.25) is 18.6 Å². The minimum absolute atomic E-state index is 0. The average molecular weight is 733 g/mol. The molecule has 45 heavy (non-hydrogen) atoms. The Morgan fingerprint density at radius 2 is 1.40 bits per heavy atom. The number of aryl methyl sites for hydroxylation is 1. The zero-order valence-electron chi connectivity index (χ0n) is 26.4. The van der Waals surface area contributed by atoms with E-state index < -0.39 is 53.0 Å². The van der Waals surface area contributed by atoms with E-state index in [4.69, 9.17) is 27.3 Å². The summed E-state index contributed by atoms with van der Waals surface area (Å²) >= 11 is 0.